The summed E-state index contributed by atoms with van der Waals surface area (Å²) in [6.45, 7) is 5.79. The monoisotopic (exact) mass is 215 g/mol. The van der Waals surface area contributed by atoms with Crippen molar-refractivity contribution in [2.45, 2.75) is 32.8 Å². The molecule has 0 aliphatic carbocycles. The fourth-order valence-electron chi connectivity index (χ4n) is 1.63. The van der Waals surface area contributed by atoms with Crippen LogP contribution < -0.4 is 0 Å². The highest BCUT2D eigenvalue weighted by Gasteiger charge is 2.25. The fraction of sp³-hybridized carbons (Fsp3) is 0.909. The van der Waals surface area contributed by atoms with E-state index < -0.39 is 0 Å². The lowest BCUT2D eigenvalue weighted by Crippen LogP contribution is -2.33. The minimum absolute atomic E-state index is 0.0475. The lowest BCUT2D eigenvalue weighted by Gasteiger charge is -2.17. The highest BCUT2D eigenvalue weighted by atomic mass is 16.5. The Morgan fingerprint density at radius 2 is 2.40 bits per heavy atom. The molecule has 1 N–H and O–H groups in total. The maximum absolute atomic E-state index is 11.6. The molecule has 15 heavy (non-hydrogen) atoms. The van der Waals surface area contributed by atoms with Crippen LogP contribution in [0.15, 0.2) is 0 Å². The molecule has 1 rings (SSSR count). The molecule has 0 radical (unpaired) electrons. The van der Waals surface area contributed by atoms with Gasteiger partial charge in [0.25, 0.3) is 0 Å². The molecule has 4 heteroatoms. The van der Waals surface area contributed by atoms with Gasteiger partial charge in [-0.05, 0) is 19.8 Å². The topological polar surface area (TPSA) is 49.8 Å². The second-order valence-electron chi connectivity index (χ2n) is 4.21. The van der Waals surface area contributed by atoms with Crippen LogP contribution in [0.2, 0.25) is 0 Å². The Kier molecular flexibility index (Phi) is 5.05. The van der Waals surface area contributed by atoms with Crippen LogP contribution >= 0.6 is 0 Å². The van der Waals surface area contributed by atoms with E-state index in [1.165, 1.54) is 0 Å². The van der Waals surface area contributed by atoms with Gasteiger partial charge in [0.1, 0.15) is 6.61 Å². The summed E-state index contributed by atoms with van der Waals surface area (Å²) >= 11 is 0. The number of ether oxygens (including phenoxy) is 1. The average molecular weight is 215 g/mol. The Balaban J connectivity index is 2.23. The highest BCUT2D eigenvalue weighted by molar-refractivity contribution is 5.77. The average Bonchev–Trinajstić information content (AvgIpc) is 2.73. The molecule has 1 amide bonds. The molecule has 0 bridgehead atoms. The maximum atomic E-state index is 11.6. The molecule has 88 valence electrons. The molecule has 2 unspecified atom stereocenters. The standard InChI is InChI=1S/C11H21NO3/c1-3-9(2)15-8-11(14)12-5-4-10(6-12)7-13/h9-10,13H,3-8H2,1-2H3. The third-order valence-corrected chi connectivity index (χ3v) is 2.96. The predicted octanol–water partition coefficient (Wildman–Crippen LogP) is 0.642. The van der Waals surface area contributed by atoms with Crippen LogP contribution in [0.5, 0.6) is 0 Å². The number of aliphatic hydroxyl groups is 1. The maximum Gasteiger partial charge on any atom is 0.248 e. The van der Waals surface area contributed by atoms with Gasteiger partial charge in [0, 0.05) is 25.6 Å². The third-order valence-electron chi connectivity index (χ3n) is 2.96. The number of amides is 1. The molecule has 1 fully saturated rings. The second-order valence-corrected chi connectivity index (χ2v) is 4.21. The lowest BCUT2D eigenvalue weighted by molar-refractivity contribution is -0.137. The van der Waals surface area contributed by atoms with Crippen molar-refractivity contribution in [3.05, 3.63) is 0 Å². The van der Waals surface area contributed by atoms with Crippen molar-refractivity contribution in [2.24, 2.45) is 5.92 Å². The summed E-state index contributed by atoms with van der Waals surface area (Å²) < 4.78 is 5.38. The van der Waals surface area contributed by atoms with Gasteiger partial charge in [0.05, 0.1) is 6.10 Å². The molecule has 0 aromatic heterocycles. The molecule has 0 spiro atoms. The minimum Gasteiger partial charge on any atom is -0.396 e. The van der Waals surface area contributed by atoms with Gasteiger partial charge in [-0.3, -0.25) is 4.79 Å². The number of rotatable bonds is 5. The van der Waals surface area contributed by atoms with Crippen molar-refractivity contribution in [3.63, 3.8) is 0 Å². The van der Waals surface area contributed by atoms with Crippen molar-refractivity contribution in [1.29, 1.82) is 0 Å². The van der Waals surface area contributed by atoms with E-state index in [1.54, 1.807) is 4.90 Å². The van der Waals surface area contributed by atoms with Crippen molar-refractivity contribution < 1.29 is 14.6 Å². The Morgan fingerprint density at radius 1 is 1.67 bits per heavy atom. The smallest absolute Gasteiger partial charge is 0.248 e. The summed E-state index contributed by atoms with van der Waals surface area (Å²) in [5.41, 5.74) is 0. The van der Waals surface area contributed by atoms with Crippen LogP contribution in [-0.2, 0) is 9.53 Å². The molecule has 1 aliphatic heterocycles. The van der Waals surface area contributed by atoms with E-state index in [0.29, 0.717) is 6.54 Å². The van der Waals surface area contributed by atoms with Crippen LogP contribution in [-0.4, -0.2) is 48.3 Å². The first-order valence-corrected chi connectivity index (χ1v) is 5.67. The van der Waals surface area contributed by atoms with E-state index in [0.717, 1.165) is 19.4 Å². The van der Waals surface area contributed by atoms with Crippen LogP contribution in [0.25, 0.3) is 0 Å². The second kappa shape index (κ2) is 6.08. The number of hydrogen-bond donors (Lipinski definition) is 1. The van der Waals surface area contributed by atoms with Gasteiger partial charge in [0.2, 0.25) is 5.91 Å². The Morgan fingerprint density at radius 3 is 2.93 bits per heavy atom. The molecular formula is C11H21NO3. The molecule has 0 aromatic rings. The van der Waals surface area contributed by atoms with Crippen molar-refractivity contribution in [2.75, 3.05) is 26.3 Å². The van der Waals surface area contributed by atoms with E-state index in [9.17, 15) is 4.79 Å². The van der Waals surface area contributed by atoms with Gasteiger partial charge in [0.15, 0.2) is 0 Å². The minimum atomic E-state index is 0.0475. The van der Waals surface area contributed by atoms with Gasteiger partial charge >= 0.3 is 0 Å². The summed E-state index contributed by atoms with van der Waals surface area (Å²) in [4.78, 5) is 13.4. The van der Waals surface area contributed by atoms with Gasteiger partial charge < -0.3 is 14.7 Å². The van der Waals surface area contributed by atoms with Gasteiger partial charge in [-0.15, -0.1) is 0 Å². The normalized spacial score (nSPS) is 23.1. The van der Waals surface area contributed by atoms with E-state index in [1.807, 2.05) is 13.8 Å². The fourth-order valence-corrected chi connectivity index (χ4v) is 1.63. The summed E-state index contributed by atoms with van der Waals surface area (Å²) in [6, 6.07) is 0. The lowest BCUT2D eigenvalue weighted by atomic mass is 10.1. The largest absolute Gasteiger partial charge is 0.396 e. The molecule has 0 aromatic carbocycles. The van der Waals surface area contributed by atoms with Gasteiger partial charge in [-0.2, -0.15) is 0 Å². The van der Waals surface area contributed by atoms with Crippen molar-refractivity contribution >= 4 is 5.91 Å². The molecule has 4 nitrogen and oxygen atoms in total. The van der Waals surface area contributed by atoms with E-state index >= 15 is 0 Å². The van der Waals surface area contributed by atoms with E-state index in [2.05, 4.69) is 0 Å². The first kappa shape index (κ1) is 12.5. The zero-order chi connectivity index (χ0) is 11.3. The van der Waals surface area contributed by atoms with Crippen LogP contribution in [0.1, 0.15) is 26.7 Å². The summed E-state index contributed by atoms with van der Waals surface area (Å²) in [5, 5.41) is 8.95. The van der Waals surface area contributed by atoms with Crippen LogP contribution in [0.4, 0.5) is 0 Å². The SMILES string of the molecule is CCC(C)OCC(=O)N1CCC(CO)C1. The van der Waals surface area contributed by atoms with Crippen molar-refractivity contribution in [1.82, 2.24) is 4.90 Å². The molecule has 0 saturated carbocycles. The Labute approximate surface area is 91.2 Å². The third kappa shape index (κ3) is 3.80. The van der Waals surface area contributed by atoms with E-state index in [4.69, 9.17) is 9.84 Å². The summed E-state index contributed by atoms with van der Waals surface area (Å²) in [5.74, 6) is 0.309. The molecule has 1 saturated heterocycles. The predicted molar refractivity (Wildman–Crippen MR) is 57.5 cm³/mol. The van der Waals surface area contributed by atoms with Crippen LogP contribution in [0, 0.1) is 5.92 Å². The number of carbonyl (C=O) groups is 1. The quantitative estimate of drug-likeness (QED) is 0.732. The van der Waals surface area contributed by atoms with Gasteiger partial charge in [-0.1, -0.05) is 6.92 Å². The molecule has 1 heterocycles. The molecular weight excluding hydrogens is 194 g/mol. The Hall–Kier alpha value is -0.610. The summed E-state index contributed by atoms with van der Waals surface area (Å²) in [6.07, 6.45) is 1.98. The number of likely N-dealkylation sites (tertiary alicyclic amines) is 1. The number of carbonyl (C=O) groups excluding carboxylic acids is 1. The van der Waals surface area contributed by atoms with E-state index in [-0.39, 0.29) is 31.1 Å². The molecule has 1 aliphatic rings. The Bertz CT molecular complexity index is 208. The summed E-state index contributed by atoms with van der Waals surface area (Å²) in [7, 11) is 0. The number of aliphatic hydroxyl groups excluding tert-OH is 1. The van der Waals surface area contributed by atoms with Crippen LogP contribution in [0.3, 0.4) is 0 Å². The van der Waals surface area contributed by atoms with Crippen molar-refractivity contribution in [3.8, 4) is 0 Å². The number of nitrogens with zero attached hydrogens (tertiary/aromatic N) is 1. The molecule has 2 atom stereocenters. The number of hydrogen-bond acceptors (Lipinski definition) is 3. The van der Waals surface area contributed by atoms with Gasteiger partial charge in [-0.25, -0.2) is 0 Å². The first-order chi connectivity index (χ1) is 7.17. The zero-order valence-corrected chi connectivity index (χ0v) is 9.61. The first-order valence-electron chi connectivity index (χ1n) is 5.67. The zero-order valence-electron chi connectivity index (χ0n) is 9.61. The highest BCUT2D eigenvalue weighted by Crippen LogP contribution is 2.15.